The lowest BCUT2D eigenvalue weighted by atomic mass is 9.99. The third-order valence-corrected chi connectivity index (χ3v) is 4.61. The van der Waals surface area contributed by atoms with Crippen LogP contribution in [0.3, 0.4) is 0 Å². The Morgan fingerprint density at radius 2 is 2.10 bits per heavy atom. The average molecular weight is 273 g/mol. The van der Waals surface area contributed by atoms with Crippen molar-refractivity contribution < 1.29 is 14.3 Å². The number of carboxylic acid groups (broad SMARTS) is 1. The second-order valence-corrected chi connectivity index (χ2v) is 6.01. The van der Waals surface area contributed by atoms with Crippen molar-refractivity contribution in [1.29, 1.82) is 0 Å². The summed E-state index contributed by atoms with van der Waals surface area (Å²) in [6.45, 7) is 0.796. The van der Waals surface area contributed by atoms with E-state index >= 15 is 0 Å². The predicted octanol–water partition coefficient (Wildman–Crippen LogP) is 3.62. The molecule has 0 radical (unpaired) electrons. The van der Waals surface area contributed by atoms with Crippen molar-refractivity contribution in [2.45, 2.75) is 44.1 Å². The molecule has 2 aliphatic rings. The predicted molar refractivity (Wildman–Crippen MR) is 73.5 cm³/mol. The van der Waals surface area contributed by atoms with Crippen LogP contribution >= 0.6 is 0 Å². The summed E-state index contributed by atoms with van der Waals surface area (Å²) >= 11 is 0. The van der Waals surface area contributed by atoms with Gasteiger partial charge in [0.1, 0.15) is 5.82 Å². The molecule has 1 fully saturated rings. The molecule has 1 unspecified atom stereocenters. The molecule has 0 amide bonds. The van der Waals surface area contributed by atoms with Gasteiger partial charge in [-0.15, -0.1) is 0 Å². The zero-order valence-electron chi connectivity index (χ0n) is 11.1. The number of halogens is 1. The van der Waals surface area contributed by atoms with Gasteiger partial charge in [-0.2, -0.15) is 0 Å². The zero-order chi connectivity index (χ0) is 13.9. The van der Waals surface area contributed by atoms with Crippen LogP contribution in [0.15, 0.2) is 18.2 Å². The zero-order valence-corrected chi connectivity index (χ0v) is 11.1. The molecule has 20 heavy (non-hydrogen) atoms. The summed E-state index contributed by atoms with van der Waals surface area (Å²) in [6.07, 6.45) is 3.28. The molecule has 0 spiro atoms. The maximum absolute atomic E-state index is 13.8. The van der Waals surface area contributed by atoms with E-state index in [0.717, 1.165) is 48.0 Å². The highest BCUT2D eigenvalue weighted by Crippen LogP contribution is 2.46. The molecule has 4 heteroatoms. The molecule has 1 N–H and O–H groups in total. The Kier molecular flexibility index (Phi) is 2.43. The second kappa shape index (κ2) is 4.08. The number of rotatable bonds is 3. The van der Waals surface area contributed by atoms with Crippen LogP contribution in [-0.2, 0) is 11.3 Å². The molecule has 2 heterocycles. The summed E-state index contributed by atoms with van der Waals surface area (Å²) in [5, 5.41) is 10.1. The van der Waals surface area contributed by atoms with E-state index in [4.69, 9.17) is 5.11 Å². The van der Waals surface area contributed by atoms with Gasteiger partial charge in [-0.05, 0) is 48.9 Å². The Morgan fingerprint density at radius 3 is 2.80 bits per heavy atom. The second-order valence-electron chi connectivity index (χ2n) is 6.01. The first kappa shape index (κ1) is 11.9. The highest BCUT2D eigenvalue weighted by atomic mass is 19.1. The van der Waals surface area contributed by atoms with E-state index in [1.54, 1.807) is 12.1 Å². The Balaban J connectivity index is 1.87. The van der Waals surface area contributed by atoms with Gasteiger partial charge in [-0.25, -0.2) is 4.39 Å². The standard InChI is InChI=1S/C16H16FNO2/c17-11-6-12(9-1-2-9)13-8-14-10(5-16(19)20)3-4-18(14)15(13)7-11/h6-10H,1-5H2,(H,19,20). The maximum atomic E-state index is 13.8. The normalized spacial score (nSPS) is 21.4. The lowest BCUT2D eigenvalue weighted by molar-refractivity contribution is -0.137. The molecule has 1 aromatic heterocycles. The van der Waals surface area contributed by atoms with Gasteiger partial charge in [0.15, 0.2) is 0 Å². The van der Waals surface area contributed by atoms with E-state index in [0.29, 0.717) is 5.92 Å². The number of carboxylic acids is 1. The van der Waals surface area contributed by atoms with Crippen molar-refractivity contribution in [2.75, 3.05) is 0 Å². The molecule has 4 rings (SSSR count). The minimum Gasteiger partial charge on any atom is -0.481 e. The van der Waals surface area contributed by atoms with E-state index in [2.05, 4.69) is 10.6 Å². The van der Waals surface area contributed by atoms with Crippen molar-refractivity contribution >= 4 is 16.9 Å². The first-order valence-electron chi connectivity index (χ1n) is 7.18. The molecule has 3 nitrogen and oxygen atoms in total. The van der Waals surface area contributed by atoms with E-state index in [9.17, 15) is 9.18 Å². The summed E-state index contributed by atoms with van der Waals surface area (Å²) in [7, 11) is 0. The van der Waals surface area contributed by atoms with Crippen LogP contribution in [-0.4, -0.2) is 15.6 Å². The summed E-state index contributed by atoms with van der Waals surface area (Å²) in [5.74, 6) is -0.381. The summed E-state index contributed by atoms with van der Waals surface area (Å²) < 4.78 is 15.9. The Hall–Kier alpha value is -1.84. The van der Waals surface area contributed by atoms with Gasteiger partial charge >= 0.3 is 5.97 Å². The van der Waals surface area contributed by atoms with Gasteiger partial charge in [0.2, 0.25) is 0 Å². The van der Waals surface area contributed by atoms with Crippen molar-refractivity contribution in [3.8, 4) is 0 Å². The van der Waals surface area contributed by atoms with Crippen LogP contribution in [0.1, 0.15) is 48.8 Å². The maximum Gasteiger partial charge on any atom is 0.304 e. The van der Waals surface area contributed by atoms with Crippen LogP contribution in [0.4, 0.5) is 4.39 Å². The minimum atomic E-state index is -0.762. The first-order valence-corrected chi connectivity index (χ1v) is 7.18. The van der Waals surface area contributed by atoms with Crippen molar-refractivity contribution in [3.05, 3.63) is 35.3 Å². The number of benzene rings is 1. The Bertz CT molecular complexity index is 715. The molecular formula is C16H16FNO2. The van der Waals surface area contributed by atoms with Crippen LogP contribution in [0, 0.1) is 5.82 Å². The van der Waals surface area contributed by atoms with Gasteiger partial charge in [-0.1, -0.05) is 0 Å². The number of aryl methyl sites for hydroxylation is 1. The highest BCUT2D eigenvalue weighted by molar-refractivity contribution is 5.86. The van der Waals surface area contributed by atoms with E-state index < -0.39 is 5.97 Å². The third-order valence-electron chi connectivity index (χ3n) is 4.61. The lowest BCUT2D eigenvalue weighted by Gasteiger charge is -2.04. The number of aliphatic carboxylic acids is 1. The largest absolute Gasteiger partial charge is 0.481 e. The molecule has 1 aliphatic heterocycles. The fraction of sp³-hybridized carbons (Fsp3) is 0.438. The van der Waals surface area contributed by atoms with Crippen LogP contribution in [0.2, 0.25) is 0 Å². The van der Waals surface area contributed by atoms with E-state index in [1.807, 2.05) is 0 Å². The van der Waals surface area contributed by atoms with Crippen LogP contribution < -0.4 is 0 Å². The number of hydrogen-bond donors (Lipinski definition) is 1. The fourth-order valence-corrected chi connectivity index (χ4v) is 3.54. The van der Waals surface area contributed by atoms with Gasteiger partial charge in [0.05, 0.1) is 11.9 Å². The number of carbonyl (C=O) groups is 1. The summed E-state index contributed by atoms with van der Waals surface area (Å²) in [4.78, 5) is 11.0. The topological polar surface area (TPSA) is 42.2 Å². The highest BCUT2D eigenvalue weighted by Gasteiger charge is 2.31. The average Bonchev–Trinajstić information content (AvgIpc) is 3.07. The molecular weight excluding hydrogens is 257 g/mol. The Morgan fingerprint density at radius 1 is 1.30 bits per heavy atom. The number of fused-ring (bicyclic) bond motifs is 3. The molecule has 1 aromatic carbocycles. The number of nitrogens with zero attached hydrogens (tertiary/aromatic N) is 1. The van der Waals surface area contributed by atoms with Crippen molar-refractivity contribution in [1.82, 2.24) is 4.57 Å². The molecule has 0 bridgehead atoms. The minimum absolute atomic E-state index is 0.0648. The summed E-state index contributed by atoms with van der Waals surface area (Å²) in [6, 6.07) is 5.35. The van der Waals surface area contributed by atoms with Crippen LogP contribution in [0.5, 0.6) is 0 Å². The smallest absolute Gasteiger partial charge is 0.304 e. The quantitative estimate of drug-likeness (QED) is 0.928. The summed E-state index contributed by atoms with van der Waals surface area (Å²) in [5.41, 5.74) is 3.11. The molecule has 2 aromatic rings. The molecule has 0 saturated heterocycles. The first-order chi connectivity index (χ1) is 9.63. The van der Waals surface area contributed by atoms with Gasteiger partial charge < -0.3 is 9.67 Å². The third kappa shape index (κ3) is 1.74. The van der Waals surface area contributed by atoms with Crippen LogP contribution in [0.25, 0.3) is 10.9 Å². The monoisotopic (exact) mass is 273 g/mol. The van der Waals surface area contributed by atoms with Gasteiger partial charge in [-0.3, -0.25) is 4.79 Å². The molecule has 1 saturated carbocycles. The number of aromatic nitrogens is 1. The van der Waals surface area contributed by atoms with Gasteiger partial charge in [0.25, 0.3) is 0 Å². The SMILES string of the molecule is O=C(O)CC1CCn2c1cc1c(C3CC3)cc(F)cc12. The van der Waals surface area contributed by atoms with Crippen molar-refractivity contribution in [3.63, 3.8) is 0 Å². The van der Waals surface area contributed by atoms with E-state index in [1.165, 1.54) is 0 Å². The fourth-order valence-electron chi connectivity index (χ4n) is 3.54. The molecule has 1 aliphatic carbocycles. The Labute approximate surface area is 116 Å². The molecule has 1 atom stereocenters. The van der Waals surface area contributed by atoms with E-state index in [-0.39, 0.29) is 18.2 Å². The van der Waals surface area contributed by atoms with Crippen molar-refractivity contribution in [2.24, 2.45) is 0 Å². The van der Waals surface area contributed by atoms with Gasteiger partial charge in [0, 0.05) is 23.5 Å². The molecule has 104 valence electrons. The number of hydrogen-bond acceptors (Lipinski definition) is 1. The lowest BCUT2D eigenvalue weighted by Crippen LogP contribution is -2.02.